The minimum absolute atomic E-state index is 0.00319. The number of aromatic nitrogens is 4. The Morgan fingerprint density at radius 1 is 0.851 bits per heavy atom. The van der Waals surface area contributed by atoms with Gasteiger partial charge in [0.05, 0.1) is 0 Å². The van der Waals surface area contributed by atoms with Gasteiger partial charge in [0.25, 0.3) is 11.8 Å². The predicted octanol–water partition coefficient (Wildman–Crippen LogP) is 6.24. The summed E-state index contributed by atoms with van der Waals surface area (Å²) in [5, 5.41) is 20.8. The van der Waals surface area contributed by atoms with Crippen LogP contribution >= 0.6 is 35.7 Å². The monoisotopic (exact) mass is 1050 g/mol. The average molecular weight is 1050 g/mol. The normalized spacial score (nSPS) is 15.7. The number of fused-ring (bicyclic) bond motifs is 1. The van der Waals surface area contributed by atoms with Gasteiger partial charge in [0.2, 0.25) is 5.91 Å². The first-order valence-corrected chi connectivity index (χ1v) is 25.5. The molecule has 74 heavy (non-hydrogen) atoms. The van der Waals surface area contributed by atoms with E-state index in [1.54, 1.807) is 5.38 Å². The second kappa shape index (κ2) is 22.6. The summed E-state index contributed by atoms with van der Waals surface area (Å²) in [6.07, 6.45) is 0.567. The van der Waals surface area contributed by atoms with Crippen LogP contribution in [0.4, 0.5) is 5.13 Å². The second-order valence-corrected chi connectivity index (χ2v) is 19.3. The van der Waals surface area contributed by atoms with Crippen LogP contribution in [-0.2, 0) is 40.8 Å². The fourth-order valence-corrected chi connectivity index (χ4v) is 11.2. The Bertz CT molecular complexity index is 3270. The van der Waals surface area contributed by atoms with Crippen molar-refractivity contribution < 1.29 is 28.8 Å². The van der Waals surface area contributed by atoms with Gasteiger partial charge in [-0.25, -0.2) is 14.9 Å². The van der Waals surface area contributed by atoms with Crippen molar-refractivity contribution >= 4 is 75.2 Å². The summed E-state index contributed by atoms with van der Waals surface area (Å²) in [4.78, 5) is 92.3. The lowest BCUT2D eigenvalue weighted by Gasteiger charge is -2.49. The number of thioether (sulfide) groups is 1. The number of allylic oxidation sites excluding steroid dienone is 1. The standard InChI is InChI=1S/C54H47N9O8S3/c1-33(64)55-28-29-62-46(59-60-48(66)50(62)68)41(72)30-36-31-73-51-43(49(67)63(51)44(36)52(69)71-45(34-18-8-3-9-19-34)35-20-10-4-11-21-35)57-47(65)42(61-70-2)40-32-74-53(56-40)58-54(37-22-12-5-13-23-37,38-24-14-6-15-25-38)39-26-16-7-17-27-39/h3-27,30,32,43,45,51,72H,28-29,31H2,1-2H3,(H,55,64)(H,56,58)(H,57,65)(H,60,66). The molecular formula is C54H47N9O8S3. The molecule has 2 aromatic heterocycles. The molecule has 17 nitrogen and oxygen atoms in total. The number of esters is 1. The molecule has 0 aliphatic carbocycles. The minimum atomic E-state index is -1.14. The summed E-state index contributed by atoms with van der Waals surface area (Å²) >= 11 is 7.20. The molecule has 5 aromatic carbocycles. The molecule has 4 heterocycles. The highest BCUT2D eigenvalue weighted by atomic mass is 32.2. The van der Waals surface area contributed by atoms with E-state index in [4.69, 9.17) is 14.6 Å². The quantitative estimate of drug-likeness (QED) is 0.0123. The number of carbonyl (C=O) groups is 4. The van der Waals surface area contributed by atoms with Crippen LogP contribution in [0.5, 0.6) is 0 Å². The fraction of sp³-hybridized carbons (Fsp3) is 0.167. The first-order chi connectivity index (χ1) is 36.0. The van der Waals surface area contributed by atoms with Crippen LogP contribution in [0.3, 0.4) is 0 Å². The van der Waals surface area contributed by atoms with E-state index in [1.165, 1.54) is 48.1 Å². The number of oxime groups is 1. The number of nitrogens with one attached hydrogen (secondary N) is 4. The topological polar surface area (TPSA) is 219 Å². The number of rotatable bonds is 18. The van der Waals surface area contributed by atoms with Crippen LogP contribution in [0.15, 0.2) is 189 Å². The number of thiazole rings is 1. The molecule has 0 bridgehead atoms. The third-order valence-corrected chi connectivity index (χ3v) is 14.6. The molecule has 0 spiro atoms. The van der Waals surface area contributed by atoms with Crippen LogP contribution in [-0.4, -0.2) is 84.9 Å². The summed E-state index contributed by atoms with van der Waals surface area (Å²) < 4.78 is 7.39. The minimum Gasteiger partial charge on any atom is -0.448 e. The van der Waals surface area contributed by atoms with E-state index in [0.29, 0.717) is 16.3 Å². The third-order valence-electron chi connectivity index (χ3n) is 12.2. The molecule has 2 aliphatic rings. The molecule has 2 unspecified atom stereocenters. The lowest BCUT2D eigenvalue weighted by Crippen LogP contribution is -2.71. The van der Waals surface area contributed by atoms with Crippen molar-refractivity contribution in [2.24, 2.45) is 5.16 Å². The Morgan fingerprint density at radius 3 is 1.95 bits per heavy atom. The van der Waals surface area contributed by atoms with Crippen molar-refractivity contribution in [2.75, 3.05) is 24.7 Å². The van der Waals surface area contributed by atoms with Gasteiger partial charge in [-0.1, -0.05) is 157 Å². The lowest BCUT2D eigenvalue weighted by atomic mass is 9.77. The Kier molecular flexibility index (Phi) is 15.5. The molecule has 7 aromatic rings. The highest BCUT2D eigenvalue weighted by Gasteiger charge is 2.55. The van der Waals surface area contributed by atoms with Gasteiger partial charge in [-0.3, -0.25) is 33.4 Å². The maximum absolute atomic E-state index is 14.8. The van der Waals surface area contributed by atoms with Crippen LogP contribution in [0.2, 0.25) is 0 Å². The smallest absolute Gasteiger partial charge is 0.356 e. The molecule has 1 saturated heterocycles. The molecule has 0 radical (unpaired) electrons. The maximum Gasteiger partial charge on any atom is 0.356 e. The molecule has 2 aliphatic heterocycles. The van der Waals surface area contributed by atoms with Crippen molar-refractivity contribution in [2.45, 2.75) is 36.5 Å². The zero-order valence-corrected chi connectivity index (χ0v) is 42.2. The molecule has 374 valence electrons. The largest absolute Gasteiger partial charge is 0.448 e. The zero-order chi connectivity index (χ0) is 51.8. The molecular weight excluding hydrogens is 999 g/mol. The van der Waals surface area contributed by atoms with E-state index in [9.17, 15) is 28.8 Å². The van der Waals surface area contributed by atoms with E-state index >= 15 is 0 Å². The molecule has 20 heteroatoms. The number of hydrogen-bond donors (Lipinski definition) is 5. The first kappa shape index (κ1) is 50.6. The van der Waals surface area contributed by atoms with Crippen LogP contribution in [0.1, 0.15) is 52.4 Å². The summed E-state index contributed by atoms with van der Waals surface area (Å²) in [7, 11) is 1.30. The van der Waals surface area contributed by atoms with Gasteiger partial charge < -0.3 is 25.5 Å². The Balaban J connectivity index is 1.03. The fourth-order valence-electron chi connectivity index (χ4n) is 8.78. The molecule has 2 atom stereocenters. The number of benzene rings is 5. The van der Waals surface area contributed by atoms with Gasteiger partial charge in [0, 0.05) is 36.1 Å². The number of thiol groups is 1. The maximum atomic E-state index is 14.8. The van der Waals surface area contributed by atoms with E-state index in [1.807, 2.05) is 152 Å². The van der Waals surface area contributed by atoms with E-state index < -0.39 is 52.0 Å². The number of hydrogen-bond acceptors (Lipinski definition) is 15. The van der Waals surface area contributed by atoms with Gasteiger partial charge in [0.1, 0.15) is 35.5 Å². The number of nitrogens with zero attached hydrogens (tertiary/aromatic N) is 5. The van der Waals surface area contributed by atoms with Crippen molar-refractivity contribution in [1.82, 2.24) is 35.3 Å². The van der Waals surface area contributed by atoms with Crippen LogP contribution < -0.4 is 27.1 Å². The number of ether oxygens (including phenoxy) is 1. The number of anilines is 1. The number of carbonyl (C=O) groups excluding carboxylic acids is 4. The number of H-pyrrole nitrogens is 1. The molecule has 9 rings (SSSR count). The van der Waals surface area contributed by atoms with E-state index in [0.717, 1.165) is 21.3 Å². The van der Waals surface area contributed by atoms with Crippen LogP contribution in [0, 0.1) is 0 Å². The van der Waals surface area contributed by atoms with Gasteiger partial charge in [-0.2, -0.15) is 5.10 Å². The van der Waals surface area contributed by atoms with E-state index in [-0.39, 0.29) is 58.2 Å². The SMILES string of the molecule is CON=C(C(=O)NC1C(=O)N2C(C(=O)OC(c3ccccc3)c3ccccc3)=C(C=C(S)c3n[nH]c(=O)c(=O)n3CCNC(C)=O)CSC12)c1csc(NC(c2ccccc2)(c2ccccc2)c2ccccc2)n1. The second-order valence-electron chi connectivity index (χ2n) is 16.8. The predicted molar refractivity (Wildman–Crippen MR) is 286 cm³/mol. The van der Waals surface area contributed by atoms with Gasteiger partial charge in [0.15, 0.2) is 22.8 Å². The van der Waals surface area contributed by atoms with Crippen molar-refractivity contribution in [3.63, 3.8) is 0 Å². The lowest BCUT2D eigenvalue weighted by molar-refractivity contribution is -0.154. The number of β-lactam (4-membered cyclic amide) rings is 1. The first-order valence-electron chi connectivity index (χ1n) is 23.1. The van der Waals surface area contributed by atoms with Crippen molar-refractivity contribution in [3.05, 3.63) is 234 Å². The number of amides is 3. The molecule has 1 fully saturated rings. The molecule has 4 N–H and O–H groups in total. The summed E-state index contributed by atoms with van der Waals surface area (Å²) in [5.74, 6) is -2.58. The van der Waals surface area contributed by atoms with E-state index in [2.05, 4.69) is 43.9 Å². The van der Waals surface area contributed by atoms with Crippen molar-refractivity contribution in [3.8, 4) is 0 Å². The highest BCUT2D eigenvalue weighted by molar-refractivity contribution is 8.00. The third kappa shape index (κ3) is 10.5. The van der Waals surface area contributed by atoms with Crippen molar-refractivity contribution in [1.29, 1.82) is 0 Å². The Hall–Kier alpha value is -8.33. The summed E-state index contributed by atoms with van der Waals surface area (Å²) in [6, 6.07) is 47.0. The number of aromatic amines is 1. The van der Waals surface area contributed by atoms with Gasteiger partial charge in [-0.15, -0.1) is 35.7 Å². The average Bonchev–Trinajstić information content (AvgIpc) is 3.90. The zero-order valence-electron chi connectivity index (χ0n) is 39.7. The molecule has 3 amide bonds. The summed E-state index contributed by atoms with van der Waals surface area (Å²) in [5.41, 5.74) is 1.43. The van der Waals surface area contributed by atoms with Crippen LogP contribution in [0.25, 0.3) is 4.91 Å². The summed E-state index contributed by atoms with van der Waals surface area (Å²) in [6.45, 7) is 1.18. The Labute approximate surface area is 437 Å². The van der Waals surface area contributed by atoms with Gasteiger partial charge >= 0.3 is 17.1 Å². The highest BCUT2D eigenvalue weighted by Crippen LogP contribution is 2.44. The van der Waals surface area contributed by atoms with Gasteiger partial charge in [-0.05, 0) is 39.5 Å². The molecule has 0 saturated carbocycles. The Morgan fingerprint density at radius 2 is 1.41 bits per heavy atom.